The zero-order chi connectivity index (χ0) is 13.8. The zero-order valence-electron chi connectivity index (χ0n) is 10.4. The summed E-state index contributed by atoms with van der Waals surface area (Å²) in [5.41, 5.74) is 2.18. The summed E-state index contributed by atoms with van der Waals surface area (Å²) in [6.07, 6.45) is 0.746. The third kappa shape index (κ3) is 4.02. The van der Waals surface area contributed by atoms with E-state index in [0.717, 1.165) is 22.3 Å². The third-order valence-corrected chi connectivity index (χ3v) is 4.75. The van der Waals surface area contributed by atoms with E-state index in [0.29, 0.717) is 5.02 Å². The lowest BCUT2D eigenvalue weighted by atomic mass is 10.0. The lowest BCUT2D eigenvalue weighted by Crippen LogP contribution is -2.22. The highest BCUT2D eigenvalue weighted by molar-refractivity contribution is 9.11. The van der Waals surface area contributed by atoms with Gasteiger partial charge in [-0.15, -0.1) is 11.3 Å². The van der Waals surface area contributed by atoms with E-state index in [1.807, 2.05) is 0 Å². The van der Waals surface area contributed by atoms with Gasteiger partial charge in [-0.05, 0) is 63.6 Å². The summed E-state index contributed by atoms with van der Waals surface area (Å²) < 4.78 is 14.2. The molecule has 5 heteroatoms. The Labute approximate surface area is 129 Å². The second-order valence-corrected chi connectivity index (χ2v) is 6.93. The van der Waals surface area contributed by atoms with E-state index in [9.17, 15) is 4.39 Å². The highest BCUT2D eigenvalue weighted by atomic mass is 79.9. The number of thiophene rings is 1. The van der Waals surface area contributed by atoms with Gasteiger partial charge in [-0.1, -0.05) is 24.6 Å². The van der Waals surface area contributed by atoms with Crippen molar-refractivity contribution in [2.45, 2.75) is 19.4 Å². The number of benzene rings is 1. The second kappa shape index (κ2) is 6.84. The van der Waals surface area contributed by atoms with Crippen molar-refractivity contribution in [2.24, 2.45) is 0 Å². The molecule has 1 nitrogen and oxygen atoms in total. The molecule has 0 aliphatic carbocycles. The third-order valence-electron chi connectivity index (χ3n) is 2.88. The molecule has 1 aromatic carbocycles. The van der Waals surface area contributed by atoms with Crippen molar-refractivity contribution in [1.29, 1.82) is 0 Å². The first-order chi connectivity index (χ1) is 9.10. The van der Waals surface area contributed by atoms with Crippen molar-refractivity contribution in [1.82, 2.24) is 5.32 Å². The van der Waals surface area contributed by atoms with E-state index >= 15 is 0 Å². The van der Waals surface area contributed by atoms with Crippen LogP contribution in [-0.4, -0.2) is 6.54 Å². The van der Waals surface area contributed by atoms with Crippen molar-refractivity contribution in [2.75, 3.05) is 6.54 Å². The van der Waals surface area contributed by atoms with Gasteiger partial charge in [0, 0.05) is 11.1 Å². The zero-order valence-corrected chi connectivity index (χ0v) is 13.6. The molecule has 0 fully saturated rings. The lowest BCUT2D eigenvalue weighted by Gasteiger charge is -2.17. The van der Waals surface area contributed by atoms with E-state index in [2.05, 4.69) is 39.6 Å². The number of nitrogens with one attached hydrogen (secondary N) is 1. The van der Waals surface area contributed by atoms with Crippen LogP contribution in [0.3, 0.4) is 0 Å². The standard InChI is InChI=1S/C14H14BrClFNS/c1-2-18-13(10-6-14(15)19-8-10)5-9-3-4-11(17)7-12(9)16/h3-4,6-8,13,18H,2,5H2,1H3. The van der Waals surface area contributed by atoms with Crippen LogP contribution in [0.25, 0.3) is 0 Å². The van der Waals surface area contributed by atoms with Crippen molar-refractivity contribution in [3.8, 4) is 0 Å². The fourth-order valence-corrected chi connectivity index (χ4v) is 3.44. The molecule has 0 spiro atoms. The van der Waals surface area contributed by atoms with Crippen LogP contribution in [0.5, 0.6) is 0 Å². The number of hydrogen-bond acceptors (Lipinski definition) is 2. The Hall–Kier alpha value is -0.420. The molecule has 2 aromatic rings. The first kappa shape index (κ1) is 15.0. The fraction of sp³-hybridized carbons (Fsp3) is 0.286. The Balaban J connectivity index is 2.21. The van der Waals surface area contributed by atoms with Crippen LogP contribution in [0.2, 0.25) is 5.02 Å². The van der Waals surface area contributed by atoms with Gasteiger partial charge in [-0.3, -0.25) is 0 Å². The molecule has 0 saturated carbocycles. The van der Waals surface area contributed by atoms with E-state index in [1.165, 1.54) is 17.7 Å². The average Bonchev–Trinajstić information content (AvgIpc) is 2.78. The molecule has 0 radical (unpaired) electrons. The van der Waals surface area contributed by atoms with Gasteiger partial charge in [0.25, 0.3) is 0 Å². The Kier molecular flexibility index (Phi) is 5.39. The maximum Gasteiger partial charge on any atom is 0.124 e. The maximum atomic E-state index is 13.1. The molecule has 0 bridgehead atoms. The summed E-state index contributed by atoms with van der Waals surface area (Å²) >= 11 is 11.2. The molecule has 0 aliphatic heterocycles. The molecule has 1 heterocycles. The molecule has 102 valence electrons. The van der Waals surface area contributed by atoms with Gasteiger partial charge in [0.2, 0.25) is 0 Å². The van der Waals surface area contributed by atoms with Gasteiger partial charge in [-0.2, -0.15) is 0 Å². The molecule has 0 aliphatic rings. The minimum absolute atomic E-state index is 0.190. The Morgan fingerprint density at radius 1 is 1.42 bits per heavy atom. The summed E-state index contributed by atoms with van der Waals surface area (Å²) in [5.74, 6) is -0.299. The van der Waals surface area contributed by atoms with E-state index in [4.69, 9.17) is 11.6 Å². The van der Waals surface area contributed by atoms with Crippen LogP contribution in [0.4, 0.5) is 4.39 Å². The average molecular weight is 363 g/mol. The molecule has 1 atom stereocenters. The molecule has 1 N–H and O–H groups in total. The number of rotatable bonds is 5. The SMILES string of the molecule is CCNC(Cc1ccc(F)cc1Cl)c1csc(Br)c1. The number of hydrogen-bond donors (Lipinski definition) is 1. The molecule has 0 amide bonds. The summed E-state index contributed by atoms with van der Waals surface area (Å²) in [6, 6.07) is 6.87. The van der Waals surface area contributed by atoms with Gasteiger partial charge < -0.3 is 5.32 Å². The molecule has 1 aromatic heterocycles. The monoisotopic (exact) mass is 361 g/mol. The number of likely N-dealkylation sites (N-methyl/N-ethyl adjacent to an activating group) is 1. The predicted molar refractivity (Wildman–Crippen MR) is 83.6 cm³/mol. The molecule has 2 rings (SSSR count). The largest absolute Gasteiger partial charge is 0.310 e. The Bertz CT molecular complexity index is 558. The van der Waals surface area contributed by atoms with Gasteiger partial charge in [0.15, 0.2) is 0 Å². The van der Waals surface area contributed by atoms with Crippen LogP contribution in [0, 0.1) is 5.82 Å². The van der Waals surface area contributed by atoms with Crippen molar-refractivity contribution in [3.63, 3.8) is 0 Å². The smallest absolute Gasteiger partial charge is 0.124 e. The molecular weight excluding hydrogens is 349 g/mol. The van der Waals surface area contributed by atoms with Crippen LogP contribution in [0.1, 0.15) is 24.1 Å². The maximum absolute atomic E-state index is 13.1. The summed E-state index contributed by atoms with van der Waals surface area (Å²) in [4.78, 5) is 0. The summed E-state index contributed by atoms with van der Waals surface area (Å²) in [7, 11) is 0. The van der Waals surface area contributed by atoms with Crippen LogP contribution in [-0.2, 0) is 6.42 Å². The first-order valence-electron chi connectivity index (χ1n) is 6.01. The highest BCUT2D eigenvalue weighted by Gasteiger charge is 2.14. The molecule has 19 heavy (non-hydrogen) atoms. The minimum Gasteiger partial charge on any atom is -0.310 e. The summed E-state index contributed by atoms with van der Waals surface area (Å²) in [5, 5.41) is 6.04. The predicted octanol–water partition coefficient (Wildman–Crippen LogP) is 5.20. The Morgan fingerprint density at radius 3 is 2.79 bits per heavy atom. The van der Waals surface area contributed by atoms with E-state index in [-0.39, 0.29) is 11.9 Å². The van der Waals surface area contributed by atoms with Crippen LogP contribution < -0.4 is 5.32 Å². The van der Waals surface area contributed by atoms with Gasteiger partial charge in [0.1, 0.15) is 5.82 Å². The lowest BCUT2D eigenvalue weighted by molar-refractivity contribution is 0.550. The van der Waals surface area contributed by atoms with Crippen molar-refractivity contribution < 1.29 is 4.39 Å². The van der Waals surface area contributed by atoms with E-state index in [1.54, 1.807) is 17.4 Å². The normalized spacial score (nSPS) is 12.6. The van der Waals surface area contributed by atoms with Gasteiger partial charge in [-0.25, -0.2) is 4.39 Å². The van der Waals surface area contributed by atoms with Gasteiger partial charge >= 0.3 is 0 Å². The molecule has 0 saturated heterocycles. The first-order valence-corrected chi connectivity index (χ1v) is 8.06. The van der Waals surface area contributed by atoms with E-state index < -0.39 is 0 Å². The van der Waals surface area contributed by atoms with Gasteiger partial charge in [0.05, 0.1) is 3.79 Å². The van der Waals surface area contributed by atoms with Crippen LogP contribution in [0.15, 0.2) is 33.4 Å². The Morgan fingerprint density at radius 2 is 2.21 bits per heavy atom. The number of halogens is 3. The van der Waals surface area contributed by atoms with Crippen molar-refractivity contribution in [3.05, 3.63) is 55.4 Å². The highest BCUT2D eigenvalue weighted by Crippen LogP contribution is 2.29. The second-order valence-electron chi connectivity index (χ2n) is 4.23. The fourth-order valence-electron chi connectivity index (χ4n) is 1.97. The summed E-state index contributed by atoms with van der Waals surface area (Å²) in [6.45, 7) is 2.94. The van der Waals surface area contributed by atoms with Crippen LogP contribution >= 0.6 is 38.9 Å². The van der Waals surface area contributed by atoms with Crippen molar-refractivity contribution >= 4 is 38.9 Å². The minimum atomic E-state index is -0.299. The topological polar surface area (TPSA) is 12.0 Å². The quantitative estimate of drug-likeness (QED) is 0.771. The molecular formula is C14H14BrClFNS. The molecule has 1 unspecified atom stereocenters.